The number of para-hydroxylation sites is 2. The summed E-state index contributed by atoms with van der Waals surface area (Å²) in [6.07, 6.45) is 7.56. The van der Waals surface area contributed by atoms with Crippen molar-refractivity contribution in [1.82, 2.24) is 10.3 Å². The van der Waals surface area contributed by atoms with Crippen molar-refractivity contribution in [3.05, 3.63) is 59.8 Å². The lowest BCUT2D eigenvalue weighted by molar-refractivity contribution is -0.125. The number of H-pyrrole nitrogens is 1. The van der Waals surface area contributed by atoms with Crippen LogP contribution in [0.15, 0.2) is 48.7 Å². The van der Waals surface area contributed by atoms with E-state index >= 15 is 0 Å². The van der Waals surface area contributed by atoms with Crippen molar-refractivity contribution in [1.29, 1.82) is 0 Å². The van der Waals surface area contributed by atoms with Gasteiger partial charge in [-0.2, -0.15) is 0 Å². The van der Waals surface area contributed by atoms with E-state index in [9.17, 15) is 4.79 Å². The van der Waals surface area contributed by atoms with Gasteiger partial charge in [-0.3, -0.25) is 4.79 Å². The molecule has 1 heterocycles. The molecule has 2 aromatic carbocycles. The first-order chi connectivity index (χ1) is 14.7. The summed E-state index contributed by atoms with van der Waals surface area (Å²) >= 11 is 0. The lowest BCUT2D eigenvalue weighted by atomic mass is 9.87. The van der Waals surface area contributed by atoms with Crippen LogP contribution in [0, 0.1) is 5.92 Å². The molecule has 0 spiro atoms. The van der Waals surface area contributed by atoms with Gasteiger partial charge in [0.15, 0.2) is 11.5 Å². The van der Waals surface area contributed by atoms with E-state index < -0.39 is 0 Å². The molecular weight excluding hydrogens is 376 g/mol. The second kappa shape index (κ2) is 9.24. The molecule has 2 N–H and O–H groups in total. The second-order valence-corrected chi connectivity index (χ2v) is 8.01. The number of nitrogens with one attached hydrogen (secondary N) is 2. The monoisotopic (exact) mass is 406 g/mol. The zero-order valence-electron chi connectivity index (χ0n) is 17.7. The molecule has 1 saturated carbocycles. The largest absolute Gasteiger partial charge is 0.493 e. The van der Waals surface area contributed by atoms with E-state index in [1.165, 1.54) is 6.42 Å². The van der Waals surface area contributed by atoms with E-state index in [1.807, 2.05) is 30.5 Å². The quantitative estimate of drug-likeness (QED) is 0.579. The van der Waals surface area contributed by atoms with Crippen LogP contribution in [-0.2, 0) is 4.79 Å². The van der Waals surface area contributed by atoms with E-state index in [2.05, 4.69) is 28.5 Å². The summed E-state index contributed by atoms with van der Waals surface area (Å²) in [5, 5.41) is 4.40. The number of fused-ring (bicyclic) bond motifs is 1. The summed E-state index contributed by atoms with van der Waals surface area (Å²) in [6, 6.07) is 14.2. The topological polar surface area (TPSA) is 63.3 Å². The van der Waals surface area contributed by atoms with E-state index in [1.54, 1.807) is 14.2 Å². The van der Waals surface area contributed by atoms with Crippen molar-refractivity contribution in [3.8, 4) is 11.5 Å². The number of hydrogen-bond acceptors (Lipinski definition) is 3. The molecule has 1 aromatic heterocycles. The normalized spacial score (nSPS) is 15.7. The molecule has 0 bridgehead atoms. The Hall–Kier alpha value is -2.95. The van der Waals surface area contributed by atoms with Crippen LogP contribution in [0.2, 0.25) is 0 Å². The predicted molar refractivity (Wildman–Crippen MR) is 119 cm³/mol. The van der Waals surface area contributed by atoms with Gasteiger partial charge in [-0.1, -0.05) is 49.6 Å². The standard InChI is InChI=1S/C25H30N2O3/c1-29-23-14-8-12-19(24(23)30-2)21(16-27-25(28)17-9-4-3-5-10-17)20-15-26-22-13-7-6-11-18(20)22/h6-8,11-15,17,21,26H,3-5,9-10,16H2,1-2H3,(H,27,28). The second-order valence-electron chi connectivity index (χ2n) is 8.01. The highest BCUT2D eigenvalue weighted by atomic mass is 16.5. The molecule has 0 saturated heterocycles. The fraction of sp³-hybridized carbons (Fsp3) is 0.400. The van der Waals surface area contributed by atoms with Gasteiger partial charge in [0.1, 0.15) is 0 Å². The van der Waals surface area contributed by atoms with Crippen LogP contribution in [0.5, 0.6) is 11.5 Å². The maximum Gasteiger partial charge on any atom is 0.223 e. The van der Waals surface area contributed by atoms with Crippen LogP contribution in [0.1, 0.15) is 49.1 Å². The van der Waals surface area contributed by atoms with Gasteiger partial charge in [0, 0.05) is 41.0 Å². The van der Waals surface area contributed by atoms with Crippen LogP contribution in [0.4, 0.5) is 0 Å². The predicted octanol–water partition coefficient (Wildman–Crippen LogP) is 5.01. The molecule has 0 radical (unpaired) electrons. The van der Waals surface area contributed by atoms with E-state index in [0.717, 1.165) is 47.7 Å². The molecule has 4 rings (SSSR count). The Morgan fingerprint density at radius 2 is 1.83 bits per heavy atom. The average Bonchev–Trinajstić information content (AvgIpc) is 3.23. The van der Waals surface area contributed by atoms with Crippen molar-refractivity contribution in [3.63, 3.8) is 0 Å². The van der Waals surface area contributed by atoms with Crippen LogP contribution in [-0.4, -0.2) is 31.7 Å². The lowest BCUT2D eigenvalue weighted by Gasteiger charge is -2.24. The molecule has 1 unspecified atom stereocenters. The minimum absolute atomic E-state index is 0.0567. The molecular formula is C25H30N2O3. The molecule has 30 heavy (non-hydrogen) atoms. The van der Waals surface area contributed by atoms with E-state index in [0.29, 0.717) is 18.0 Å². The number of methoxy groups -OCH3 is 2. The minimum Gasteiger partial charge on any atom is -0.493 e. The summed E-state index contributed by atoms with van der Waals surface area (Å²) in [5.74, 6) is 1.65. The number of rotatable bonds is 7. The first kappa shape index (κ1) is 20.3. The van der Waals surface area contributed by atoms with Crippen molar-refractivity contribution in [2.45, 2.75) is 38.0 Å². The average molecular weight is 407 g/mol. The number of benzene rings is 2. The third-order valence-electron chi connectivity index (χ3n) is 6.26. The SMILES string of the molecule is COc1cccc(C(CNC(=O)C2CCCCC2)c2c[nH]c3ccccc23)c1OC. The summed E-state index contributed by atoms with van der Waals surface area (Å²) in [7, 11) is 3.31. The number of carbonyl (C=O) groups is 1. The Morgan fingerprint density at radius 1 is 1.03 bits per heavy atom. The van der Waals surface area contributed by atoms with Crippen LogP contribution in [0.25, 0.3) is 10.9 Å². The summed E-state index contributed by atoms with van der Waals surface area (Å²) in [4.78, 5) is 16.2. The number of amides is 1. The summed E-state index contributed by atoms with van der Waals surface area (Å²) in [6.45, 7) is 0.515. The van der Waals surface area contributed by atoms with Gasteiger partial charge in [-0.05, 0) is 30.5 Å². The number of hydrogen-bond donors (Lipinski definition) is 2. The highest BCUT2D eigenvalue weighted by Gasteiger charge is 2.26. The maximum atomic E-state index is 12.9. The highest BCUT2D eigenvalue weighted by molar-refractivity contribution is 5.85. The van der Waals surface area contributed by atoms with Gasteiger partial charge in [-0.15, -0.1) is 0 Å². The molecule has 3 aromatic rings. The molecule has 5 nitrogen and oxygen atoms in total. The van der Waals surface area contributed by atoms with Gasteiger partial charge in [0.2, 0.25) is 5.91 Å². The molecule has 1 aliphatic carbocycles. The first-order valence-corrected chi connectivity index (χ1v) is 10.8. The smallest absolute Gasteiger partial charge is 0.223 e. The molecule has 1 amide bonds. The fourth-order valence-electron chi connectivity index (χ4n) is 4.67. The molecule has 1 atom stereocenters. The molecule has 1 aliphatic rings. The highest BCUT2D eigenvalue weighted by Crippen LogP contribution is 2.40. The van der Waals surface area contributed by atoms with Crippen molar-refractivity contribution in [2.24, 2.45) is 5.92 Å². The van der Waals surface area contributed by atoms with E-state index in [4.69, 9.17) is 9.47 Å². The zero-order valence-corrected chi connectivity index (χ0v) is 17.7. The zero-order chi connectivity index (χ0) is 20.9. The van der Waals surface area contributed by atoms with Gasteiger partial charge >= 0.3 is 0 Å². The Balaban J connectivity index is 1.69. The van der Waals surface area contributed by atoms with Crippen molar-refractivity contribution < 1.29 is 14.3 Å². The van der Waals surface area contributed by atoms with Gasteiger partial charge in [0.25, 0.3) is 0 Å². The Labute approximate surface area is 177 Å². The number of carbonyl (C=O) groups excluding carboxylic acids is 1. The van der Waals surface area contributed by atoms with Crippen LogP contribution < -0.4 is 14.8 Å². The molecule has 1 fully saturated rings. The Kier molecular flexibility index (Phi) is 6.26. The molecule has 5 heteroatoms. The van der Waals surface area contributed by atoms with Crippen molar-refractivity contribution >= 4 is 16.8 Å². The number of ether oxygens (including phenoxy) is 2. The fourth-order valence-corrected chi connectivity index (χ4v) is 4.67. The molecule has 158 valence electrons. The molecule has 0 aliphatic heterocycles. The van der Waals surface area contributed by atoms with E-state index in [-0.39, 0.29) is 17.7 Å². The summed E-state index contributed by atoms with van der Waals surface area (Å²) < 4.78 is 11.3. The van der Waals surface area contributed by atoms with Gasteiger partial charge < -0.3 is 19.8 Å². The Morgan fingerprint density at radius 3 is 2.60 bits per heavy atom. The third kappa shape index (κ3) is 4.02. The van der Waals surface area contributed by atoms with Crippen LogP contribution in [0.3, 0.4) is 0 Å². The first-order valence-electron chi connectivity index (χ1n) is 10.8. The number of aromatic amines is 1. The maximum absolute atomic E-state index is 12.9. The minimum atomic E-state index is -0.0567. The lowest BCUT2D eigenvalue weighted by Crippen LogP contribution is -2.35. The van der Waals surface area contributed by atoms with Gasteiger partial charge in [0.05, 0.1) is 14.2 Å². The number of aromatic nitrogens is 1. The van der Waals surface area contributed by atoms with Crippen LogP contribution >= 0.6 is 0 Å². The summed E-state index contributed by atoms with van der Waals surface area (Å²) in [5.41, 5.74) is 3.23. The third-order valence-corrected chi connectivity index (χ3v) is 6.26. The Bertz CT molecular complexity index is 1000. The van der Waals surface area contributed by atoms with Gasteiger partial charge in [-0.25, -0.2) is 0 Å². The van der Waals surface area contributed by atoms with Crippen molar-refractivity contribution in [2.75, 3.05) is 20.8 Å².